The van der Waals surface area contributed by atoms with E-state index in [4.69, 9.17) is 0 Å². The Morgan fingerprint density at radius 2 is 1.88 bits per heavy atom. The first-order valence-corrected chi connectivity index (χ1v) is 6.22. The molecule has 0 spiro atoms. The maximum Gasteiger partial charge on any atom is 0.280 e. The second-order valence-electron chi connectivity index (χ2n) is 3.60. The molecule has 2 aromatic rings. The van der Waals surface area contributed by atoms with E-state index < -0.39 is 6.43 Å². The lowest BCUT2D eigenvalue weighted by Gasteiger charge is -2.05. The maximum atomic E-state index is 12.5. The third-order valence-electron chi connectivity index (χ3n) is 2.42. The molecule has 88 valence electrons. The Morgan fingerprint density at radius 1 is 1.12 bits per heavy atom. The Balaban J connectivity index is 2.41. The summed E-state index contributed by atoms with van der Waals surface area (Å²) in [6, 6.07) is 10.9. The molecule has 0 bridgehead atoms. The average Bonchev–Trinajstić information content (AvgIpc) is 2.39. The van der Waals surface area contributed by atoms with Crippen LogP contribution < -0.4 is 0 Å². The molecule has 0 aliphatic carbocycles. The van der Waals surface area contributed by atoms with E-state index in [1.807, 2.05) is 24.3 Å². The summed E-state index contributed by atoms with van der Waals surface area (Å²) in [6.45, 7) is 0. The number of nitrogens with zero attached hydrogens (tertiary/aromatic N) is 1. The fraction of sp³-hybridized carbons (Fsp3) is 0.154. The standard InChI is InChI=1S/C13H10BrF2N/c14-8-9-2-1-3-10(6-9)11-4-5-17-12(7-11)13(15)16/h1-7,13H,8H2. The second kappa shape index (κ2) is 5.36. The van der Waals surface area contributed by atoms with Gasteiger partial charge in [0, 0.05) is 11.5 Å². The molecule has 1 heterocycles. The van der Waals surface area contributed by atoms with Gasteiger partial charge in [0.2, 0.25) is 0 Å². The zero-order chi connectivity index (χ0) is 12.3. The third-order valence-corrected chi connectivity index (χ3v) is 3.07. The van der Waals surface area contributed by atoms with Crippen LogP contribution in [-0.2, 0) is 5.33 Å². The van der Waals surface area contributed by atoms with Gasteiger partial charge >= 0.3 is 0 Å². The van der Waals surface area contributed by atoms with E-state index in [1.54, 1.807) is 6.07 Å². The molecule has 0 saturated carbocycles. The van der Waals surface area contributed by atoms with Crippen molar-refractivity contribution in [3.8, 4) is 11.1 Å². The number of aromatic nitrogens is 1. The molecule has 0 amide bonds. The Kier molecular flexibility index (Phi) is 3.84. The number of hydrogen-bond acceptors (Lipinski definition) is 1. The molecular formula is C13H10BrF2N. The van der Waals surface area contributed by atoms with Crippen molar-refractivity contribution in [1.29, 1.82) is 0 Å². The molecule has 1 aromatic carbocycles. The van der Waals surface area contributed by atoms with Crippen LogP contribution in [0.15, 0.2) is 42.6 Å². The predicted octanol–water partition coefficient (Wildman–Crippen LogP) is 4.58. The highest BCUT2D eigenvalue weighted by Crippen LogP contribution is 2.25. The minimum Gasteiger partial charge on any atom is -0.255 e. The number of rotatable bonds is 3. The van der Waals surface area contributed by atoms with Gasteiger partial charge in [-0.15, -0.1) is 0 Å². The fourth-order valence-electron chi connectivity index (χ4n) is 1.58. The number of benzene rings is 1. The summed E-state index contributed by atoms with van der Waals surface area (Å²) in [4.78, 5) is 3.65. The minimum atomic E-state index is -2.53. The van der Waals surface area contributed by atoms with E-state index >= 15 is 0 Å². The molecule has 0 radical (unpaired) electrons. The van der Waals surface area contributed by atoms with Crippen molar-refractivity contribution in [3.05, 3.63) is 53.9 Å². The minimum absolute atomic E-state index is 0.188. The van der Waals surface area contributed by atoms with Crippen LogP contribution in [0.5, 0.6) is 0 Å². The van der Waals surface area contributed by atoms with Crippen LogP contribution in [0.2, 0.25) is 0 Å². The van der Waals surface area contributed by atoms with Crippen LogP contribution in [0, 0.1) is 0 Å². The monoisotopic (exact) mass is 297 g/mol. The zero-order valence-corrected chi connectivity index (χ0v) is 10.5. The third kappa shape index (κ3) is 2.88. The molecule has 0 N–H and O–H groups in total. The smallest absolute Gasteiger partial charge is 0.255 e. The highest BCUT2D eigenvalue weighted by molar-refractivity contribution is 9.08. The van der Waals surface area contributed by atoms with E-state index in [-0.39, 0.29) is 5.69 Å². The van der Waals surface area contributed by atoms with E-state index in [2.05, 4.69) is 20.9 Å². The highest BCUT2D eigenvalue weighted by atomic mass is 79.9. The van der Waals surface area contributed by atoms with Gasteiger partial charge in [-0.25, -0.2) is 8.78 Å². The van der Waals surface area contributed by atoms with Crippen molar-refractivity contribution in [2.24, 2.45) is 0 Å². The Labute approximate surface area is 107 Å². The first-order chi connectivity index (χ1) is 8.20. The van der Waals surface area contributed by atoms with Gasteiger partial charge in [-0.2, -0.15) is 0 Å². The van der Waals surface area contributed by atoms with Crippen LogP contribution in [0.25, 0.3) is 11.1 Å². The highest BCUT2D eigenvalue weighted by Gasteiger charge is 2.09. The number of halogens is 3. The molecule has 2 rings (SSSR count). The van der Waals surface area contributed by atoms with Gasteiger partial charge in [0.05, 0.1) is 0 Å². The largest absolute Gasteiger partial charge is 0.280 e. The van der Waals surface area contributed by atoms with Gasteiger partial charge in [-0.05, 0) is 28.8 Å². The van der Waals surface area contributed by atoms with Gasteiger partial charge in [0.25, 0.3) is 6.43 Å². The van der Waals surface area contributed by atoms with Gasteiger partial charge in [0.15, 0.2) is 0 Å². The lowest BCUT2D eigenvalue weighted by Crippen LogP contribution is -1.90. The van der Waals surface area contributed by atoms with Crippen LogP contribution in [0.3, 0.4) is 0 Å². The Morgan fingerprint density at radius 3 is 2.59 bits per heavy atom. The molecule has 1 aromatic heterocycles. The molecule has 0 atom stereocenters. The van der Waals surface area contributed by atoms with Crippen molar-refractivity contribution in [2.75, 3.05) is 0 Å². The van der Waals surface area contributed by atoms with E-state index in [1.165, 1.54) is 12.3 Å². The SMILES string of the molecule is FC(F)c1cc(-c2cccc(CBr)c2)ccn1. The van der Waals surface area contributed by atoms with Crippen molar-refractivity contribution in [2.45, 2.75) is 11.8 Å². The predicted molar refractivity (Wildman–Crippen MR) is 67.3 cm³/mol. The lowest BCUT2D eigenvalue weighted by molar-refractivity contribution is 0.146. The van der Waals surface area contributed by atoms with Crippen molar-refractivity contribution < 1.29 is 8.78 Å². The summed E-state index contributed by atoms with van der Waals surface area (Å²) in [5.74, 6) is 0. The van der Waals surface area contributed by atoms with Gasteiger partial charge in [-0.3, -0.25) is 4.98 Å². The van der Waals surface area contributed by atoms with Crippen LogP contribution in [-0.4, -0.2) is 4.98 Å². The Bertz CT molecular complexity index is 514. The summed E-state index contributed by atoms with van der Waals surface area (Å²) in [7, 11) is 0. The summed E-state index contributed by atoms with van der Waals surface area (Å²) in [6.07, 6.45) is -1.12. The topological polar surface area (TPSA) is 12.9 Å². The quantitative estimate of drug-likeness (QED) is 0.756. The number of hydrogen-bond donors (Lipinski definition) is 0. The molecule has 1 nitrogen and oxygen atoms in total. The van der Waals surface area contributed by atoms with Crippen LogP contribution >= 0.6 is 15.9 Å². The maximum absolute atomic E-state index is 12.5. The van der Waals surface area contributed by atoms with Gasteiger partial charge in [-0.1, -0.05) is 40.2 Å². The molecule has 4 heteroatoms. The van der Waals surface area contributed by atoms with E-state index in [0.717, 1.165) is 22.0 Å². The van der Waals surface area contributed by atoms with Crippen molar-refractivity contribution in [3.63, 3.8) is 0 Å². The van der Waals surface area contributed by atoms with Gasteiger partial charge < -0.3 is 0 Å². The van der Waals surface area contributed by atoms with Crippen LogP contribution in [0.4, 0.5) is 8.78 Å². The van der Waals surface area contributed by atoms with Crippen molar-refractivity contribution >= 4 is 15.9 Å². The van der Waals surface area contributed by atoms with E-state index in [9.17, 15) is 8.78 Å². The normalized spacial score (nSPS) is 10.8. The zero-order valence-electron chi connectivity index (χ0n) is 8.91. The molecule has 0 aliphatic rings. The number of alkyl halides is 3. The molecule has 0 fully saturated rings. The average molecular weight is 298 g/mol. The molecule has 0 aliphatic heterocycles. The number of pyridine rings is 1. The van der Waals surface area contributed by atoms with Gasteiger partial charge in [0.1, 0.15) is 5.69 Å². The lowest BCUT2D eigenvalue weighted by atomic mass is 10.0. The molecule has 17 heavy (non-hydrogen) atoms. The first-order valence-electron chi connectivity index (χ1n) is 5.10. The molecule has 0 saturated heterocycles. The summed E-state index contributed by atoms with van der Waals surface area (Å²) in [5, 5.41) is 0.744. The summed E-state index contributed by atoms with van der Waals surface area (Å²) in [5.41, 5.74) is 2.61. The molecule has 0 unspecified atom stereocenters. The molecular weight excluding hydrogens is 288 g/mol. The first kappa shape index (κ1) is 12.2. The fourth-order valence-corrected chi connectivity index (χ4v) is 1.93. The summed E-state index contributed by atoms with van der Waals surface area (Å²) < 4.78 is 25.1. The van der Waals surface area contributed by atoms with Crippen LogP contribution in [0.1, 0.15) is 17.7 Å². The summed E-state index contributed by atoms with van der Waals surface area (Å²) >= 11 is 3.37. The Hall–Kier alpha value is -1.29. The van der Waals surface area contributed by atoms with E-state index in [0.29, 0.717) is 0 Å². The van der Waals surface area contributed by atoms with Crippen molar-refractivity contribution in [1.82, 2.24) is 4.98 Å². The second-order valence-corrected chi connectivity index (χ2v) is 4.16.